The van der Waals surface area contributed by atoms with Crippen molar-refractivity contribution in [2.45, 2.75) is 60.5 Å². The molecule has 8 nitrogen and oxygen atoms in total. The van der Waals surface area contributed by atoms with Gasteiger partial charge in [0.25, 0.3) is 0 Å². The Labute approximate surface area is 177 Å². The zero-order valence-corrected chi connectivity index (χ0v) is 18.9. The molecule has 0 saturated carbocycles. The van der Waals surface area contributed by atoms with Crippen molar-refractivity contribution in [3.8, 4) is 0 Å². The van der Waals surface area contributed by atoms with Gasteiger partial charge in [0.05, 0.1) is 24.3 Å². The van der Waals surface area contributed by atoms with E-state index in [2.05, 4.69) is 4.98 Å². The van der Waals surface area contributed by atoms with Crippen molar-refractivity contribution >= 4 is 23.6 Å². The molecule has 1 N–H and O–H groups in total. The molecule has 0 radical (unpaired) electrons. The topological polar surface area (TPSA) is 106 Å². The molecule has 1 atom stereocenters. The van der Waals surface area contributed by atoms with Gasteiger partial charge in [-0.25, -0.2) is 4.79 Å². The number of methoxy groups -OCH3 is 1. The fraction of sp³-hybridized carbons (Fsp3) is 0.636. The van der Waals surface area contributed by atoms with Crippen LogP contribution < -0.4 is 0 Å². The van der Waals surface area contributed by atoms with Gasteiger partial charge in [-0.3, -0.25) is 14.4 Å². The highest BCUT2D eigenvalue weighted by molar-refractivity contribution is 6.04. The summed E-state index contributed by atoms with van der Waals surface area (Å²) in [6.07, 6.45) is 0.0256. The van der Waals surface area contributed by atoms with Crippen LogP contribution >= 0.6 is 0 Å². The Morgan fingerprint density at radius 1 is 1.10 bits per heavy atom. The molecule has 1 aliphatic rings. The molecule has 1 saturated heterocycles. The second-order valence-corrected chi connectivity index (χ2v) is 8.88. The first-order chi connectivity index (χ1) is 13.9. The third-order valence-corrected chi connectivity index (χ3v) is 5.49. The summed E-state index contributed by atoms with van der Waals surface area (Å²) >= 11 is 0. The van der Waals surface area contributed by atoms with Crippen LogP contribution in [0.3, 0.4) is 0 Å². The number of likely N-dealkylation sites (tertiary alicyclic amines) is 1. The Morgan fingerprint density at radius 2 is 1.67 bits per heavy atom. The number of ether oxygens (including phenoxy) is 2. The Hall–Kier alpha value is -2.64. The number of piperidine rings is 1. The van der Waals surface area contributed by atoms with E-state index in [0.717, 1.165) is 0 Å². The lowest BCUT2D eigenvalue weighted by molar-refractivity contribution is -0.155. The second kappa shape index (κ2) is 9.02. The Bertz CT molecular complexity index is 841. The van der Waals surface area contributed by atoms with Crippen molar-refractivity contribution in [2.24, 2.45) is 11.3 Å². The van der Waals surface area contributed by atoms with E-state index >= 15 is 0 Å². The van der Waals surface area contributed by atoms with Crippen LogP contribution in [0.15, 0.2) is 0 Å². The summed E-state index contributed by atoms with van der Waals surface area (Å²) in [7, 11) is 1.28. The molecule has 1 aromatic heterocycles. The molecule has 1 amide bonds. The van der Waals surface area contributed by atoms with Crippen LogP contribution in [0.2, 0.25) is 0 Å². The number of H-pyrrole nitrogens is 1. The van der Waals surface area contributed by atoms with Gasteiger partial charge in [-0.2, -0.15) is 0 Å². The third kappa shape index (κ3) is 4.91. The quantitative estimate of drug-likeness (QED) is 0.580. The summed E-state index contributed by atoms with van der Waals surface area (Å²) in [6, 6.07) is 0. The number of esters is 2. The fourth-order valence-corrected chi connectivity index (χ4v) is 3.72. The molecule has 8 heteroatoms. The van der Waals surface area contributed by atoms with Crippen LogP contribution in [0.4, 0.5) is 0 Å². The molecular formula is C22H32N2O6. The molecule has 1 aliphatic heterocycles. The number of nitrogens with zero attached hydrogens (tertiary/aromatic N) is 1. The maximum Gasteiger partial charge on any atom is 0.339 e. The maximum absolute atomic E-state index is 12.8. The van der Waals surface area contributed by atoms with E-state index in [0.29, 0.717) is 42.8 Å². The summed E-state index contributed by atoms with van der Waals surface area (Å²) in [5, 5.41) is 0. The predicted molar refractivity (Wildman–Crippen MR) is 110 cm³/mol. The summed E-state index contributed by atoms with van der Waals surface area (Å²) < 4.78 is 10.2. The van der Waals surface area contributed by atoms with Gasteiger partial charge in [0, 0.05) is 24.2 Å². The average molecular weight is 421 g/mol. The van der Waals surface area contributed by atoms with Crippen molar-refractivity contribution in [3.05, 3.63) is 22.5 Å². The molecule has 0 aromatic carbocycles. The number of hydrogen-bond donors (Lipinski definition) is 1. The van der Waals surface area contributed by atoms with Crippen molar-refractivity contribution < 1.29 is 28.7 Å². The van der Waals surface area contributed by atoms with Gasteiger partial charge in [-0.1, -0.05) is 20.8 Å². The molecule has 2 rings (SSSR count). The summed E-state index contributed by atoms with van der Waals surface area (Å²) in [5.74, 6) is -1.65. The monoisotopic (exact) mass is 420 g/mol. The number of rotatable bonds is 5. The molecular weight excluding hydrogens is 388 g/mol. The zero-order valence-electron chi connectivity index (χ0n) is 18.9. The number of nitrogens with one attached hydrogen (secondary N) is 1. The highest BCUT2D eigenvalue weighted by atomic mass is 16.5. The van der Waals surface area contributed by atoms with Crippen LogP contribution in [-0.4, -0.2) is 59.8 Å². The largest absolute Gasteiger partial charge is 0.465 e. The van der Waals surface area contributed by atoms with Crippen molar-refractivity contribution in [2.75, 3.05) is 20.2 Å². The Kier molecular flexibility index (Phi) is 7.10. The predicted octanol–water partition coefficient (Wildman–Crippen LogP) is 2.82. The zero-order chi connectivity index (χ0) is 22.8. The Morgan fingerprint density at radius 3 is 2.17 bits per heavy atom. The first kappa shape index (κ1) is 23.6. The number of ketones is 1. The highest BCUT2D eigenvalue weighted by Crippen LogP contribution is 2.25. The average Bonchev–Trinajstić information content (AvgIpc) is 2.99. The number of carbonyl (C=O) groups excluding carboxylic acids is 4. The molecule has 1 aromatic rings. The van der Waals surface area contributed by atoms with Crippen LogP contribution in [0, 0.1) is 25.2 Å². The molecule has 166 valence electrons. The molecule has 1 fully saturated rings. The fourth-order valence-electron chi connectivity index (χ4n) is 3.72. The molecule has 1 unspecified atom stereocenters. The van der Waals surface area contributed by atoms with Crippen LogP contribution in [0.25, 0.3) is 0 Å². The van der Waals surface area contributed by atoms with E-state index in [1.165, 1.54) is 14.0 Å². The van der Waals surface area contributed by atoms with E-state index in [1.54, 1.807) is 18.7 Å². The first-order valence-electron chi connectivity index (χ1n) is 10.2. The minimum absolute atomic E-state index is 0.0665. The van der Waals surface area contributed by atoms with Gasteiger partial charge in [0.15, 0.2) is 6.10 Å². The van der Waals surface area contributed by atoms with Crippen LogP contribution in [-0.2, 0) is 19.1 Å². The number of Topliss-reactive ketones (excluding diaryl/α,β-unsaturated/α-hetero) is 1. The summed E-state index contributed by atoms with van der Waals surface area (Å²) in [4.78, 5) is 54.3. The van der Waals surface area contributed by atoms with E-state index in [-0.39, 0.29) is 17.5 Å². The number of aryl methyl sites for hydroxylation is 1. The van der Waals surface area contributed by atoms with E-state index < -0.39 is 29.2 Å². The van der Waals surface area contributed by atoms with Gasteiger partial charge in [0.1, 0.15) is 0 Å². The van der Waals surface area contributed by atoms with E-state index in [9.17, 15) is 19.2 Å². The van der Waals surface area contributed by atoms with Crippen LogP contribution in [0.1, 0.15) is 72.6 Å². The molecule has 0 spiro atoms. The molecule has 0 aliphatic carbocycles. The lowest BCUT2D eigenvalue weighted by Crippen LogP contribution is -2.45. The minimum Gasteiger partial charge on any atom is -0.465 e. The maximum atomic E-state index is 12.8. The van der Waals surface area contributed by atoms with Gasteiger partial charge < -0.3 is 19.4 Å². The molecule has 0 bridgehead atoms. The standard InChI is InChI=1S/C22H32N2O6/c1-12-16(20(27)29-7)13(2)23-17(12)18(25)14(3)30-19(26)15-8-10-24(11-9-15)21(28)22(4,5)6/h14-15,23H,8-11H2,1-7H3. The second-order valence-electron chi connectivity index (χ2n) is 8.88. The van der Waals surface area contributed by atoms with Crippen LogP contribution in [0.5, 0.6) is 0 Å². The number of carbonyl (C=O) groups is 4. The number of aromatic nitrogens is 1. The smallest absolute Gasteiger partial charge is 0.339 e. The Balaban J connectivity index is 1.99. The van der Waals surface area contributed by atoms with Crippen molar-refractivity contribution in [3.63, 3.8) is 0 Å². The van der Waals surface area contributed by atoms with E-state index in [1.807, 2.05) is 20.8 Å². The van der Waals surface area contributed by atoms with Gasteiger partial charge in [0.2, 0.25) is 11.7 Å². The number of hydrogen-bond acceptors (Lipinski definition) is 6. The molecule has 2 heterocycles. The lowest BCUT2D eigenvalue weighted by Gasteiger charge is -2.35. The highest BCUT2D eigenvalue weighted by Gasteiger charge is 2.34. The van der Waals surface area contributed by atoms with Gasteiger partial charge in [-0.05, 0) is 39.2 Å². The minimum atomic E-state index is -0.992. The number of aromatic amines is 1. The lowest BCUT2D eigenvalue weighted by atomic mass is 9.91. The SMILES string of the molecule is COC(=O)c1c(C)[nH]c(C(=O)C(C)OC(=O)C2CCN(C(=O)C(C)(C)C)CC2)c1C. The molecule has 30 heavy (non-hydrogen) atoms. The summed E-state index contributed by atoms with van der Waals surface area (Å²) in [5.41, 5.74) is 1.09. The first-order valence-corrected chi connectivity index (χ1v) is 10.2. The normalized spacial score (nSPS) is 16.2. The van der Waals surface area contributed by atoms with Crippen molar-refractivity contribution in [1.82, 2.24) is 9.88 Å². The van der Waals surface area contributed by atoms with Gasteiger partial charge >= 0.3 is 11.9 Å². The summed E-state index contributed by atoms with van der Waals surface area (Å²) in [6.45, 7) is 11.5. The van der Waals surface area contributed by atoms with Crippen molar-refractivity contribution in [1.29, 1.82) is 0 Å². The third-order valence-electron chi connectivity index (χ3n) is 5.49. The number of amides is 1. The van der Waals surface area contributed by atoms with Gasteiger partial charge in [-0.15, -0.1) is 0 Å². The van der Waals surface area contributed by atoms with E-state index in [4.69, 9.17) is 9.47 Å².